The van der Waals surface area contributed by atoms with E-state index >= 15 is 0 Å². The Labute approximate surface area is 164 Å². The maximum absolute atomic E-state index is 13.7. The summed E-state index contributed by atoms with van der Waals surface area (Å²) in [5.74, 6) is 2.25. The highest BCUT2D eigenvalue weighted by atomic mass is 19.1. The Morgan fingerprint density at radius 2 is 1.41 bits per heavy atom. The van der Waals surface area contributed by atoms with Gasteiger partial charge in [-0.05, 0) is 74.3 Å². The Balaban J connectivity index is 1.34. The van der Waals surface area contributed by atoms with Gasteiger partial charge in [-0.15, -0.1) is 0 Å². The van der Waals surface area contributed by atoms with Crippen molar-refractivity contribution < 1.29 is 8.78 Å². The van der Waals surface area contributed by atoms with Gasteiger partial charge >= 0.3 is 0 Å². The summed E-state index contributed by atoms with van der Waals surface area (Å²) >= 11 is 0. The standard InChI is InChI=1S/C24H37F2N/c1-2-3-4-5-18-6-11-20(12-7-18)21-13-8-19(9-14-21)10-15-22-16-17-23(25)27-24(22)26/h16-21H,2-15H2,1H3/t18-,19-,20-,21-. The van der Waals surface area contributed by atoms with Crippen LogP contribution in [-0.4, -0.2) is 4.98 Å². The summed E-state index contributed by atoms with van der Waals surface area (Å²) in [6.07, 6.45) is 18.5. The van der Waals surface area contributed by atoms with E-state index in [1.165, 1.54) is 83.1 Å². The van der Waals surface area contributed by atoms with Crippen molar-refractivity contribution in [3.8, 4) is 0 Å². The molecule has 27 heavy (non-hydrogen) atoms. The molecule has 2 fully saturated rings. The first-order chi connectivity index (χ1) is 13.2. The lowest BCUT2D eigenvalue weighted by Gasteiger charge is -2.38. The van der Waals surface area contributed by atoms with Gasteiger partial charge in [-0.25, -0.2) is 0 Å². The topological polar surface area (TPSA) is 12.9 Å². The number of hydrogen-bond donors (Lipinski definition) is 0. The lowest BCUT2D eigenvalue weighted by Crippen LogP contribution is -2.26. The molecule has 1 aromatic heterocycles. The average molecular weight is 378 g/mol. The molecule has 0 unspecified atom stereocenters. The van der Waals surface area contributed by atoms with Crippen molar-refractivity contribution in [2.24, 2.45) is 23.7 Å². The van der Waals surface area contributed by atoms with E-state index in [1.807, 2.05) is 0 Å². The van der Waals surface area contributed by atoms with Crippen molar-refractivity contribution in [2.45, 2.75) is 96.8 Å². The third kappa shape index (κ3) is 6.26. The molecule has 2 aliphatic rings. The van der Waals surface area contributed by atoms with Crippen LogP contribution in [0.5, 0.6) is 0 Å². The third-order valence-electron chi connectivity index (χ3n) is 7.38. The molecule has 0 bridgehead atoms. The van der Waals surface area contributed by atoms with Gasteiger partial charge in [-0.1, -0.05) is 58.3 Å². The number of rotatable bonds is 8. The zero-order valence-electron chi connectivity index (χ0n) is 17.1. The van der Waals surface area contributed by atoms with Crippen molar-refractivity contribution in [2.75, 3.05) is 0 Å². The molecule has 3 rings (SSSR count). The lowest BCUT2D eigenvalue weighted by atomic mass is 9.68. The Kier molecular flexibility index (Phi) is 8.08. The second-order valence-corrected chi connectivity index (χ2v) is 9.18. The third-order valence-corrected chi connectivity index (χ3v) is 7.38. The zero-order valence-corrected chi connectivity index (χ0v) is 17.1. The molecule has 2 saturated carbocycles. The highest BCUT2D eigenvalue weighted by molar-refractivity contribution is 5.11. The molecule has 0 aromatic carbocycles. The van der Waals surface area contributed by atoms with Crippen LogP contribution in [0.15, 0.2) is 12.1 Å². The monoisotopic (exact) mass is 377 g/mol. The van der Waals surface area contributed by atoms with Crippen LogP contribution < -0.4 is 0 Å². The van der Waals surface area contributed by atoms with Crippen LogP contribution in [0, 0.1) is 35.6 Å². The minimum Gasteiger partial charge on any atom is -0.190 e. The molecule has 0 amide bonds. The summed E-state index contributed by atoms with van der Waals surface area (Å²) in [4.78, 5) is 3.31. The molecule has 0 spiro atoms. The van der Waals surface area contributed by atoms with Crippen LogP contribution in [0.25, 0.3) is 0 Å². The first kappa shape index (κ1) is 20.7. The number of unbranched alkanes of at least 4 members (excludes halogenated alkanes) is 2. The van der Waals surface area contributed by atoms with Crippen LogP contribution >= 0.6 is 0 Å². The maximum Gasteiger partial charge on any atom is 0.218 e. The Morgan fingerprint density at radius 3 is 1.96 bits per heavy atom. The summed E-state index contributed by atoms with van der Waals surface area (Å²) < 4.78 is 26.6. The number of pyridine rings is 1. The van der Waals surface area contributed by atoms with E-state index in [2.05, 4.69) is 11.9 Å². The van der Waals surface area contributed by atoms with Gasteiger partial charge in [0.25, 0.3) is 0 Å². The molecular weight excluding hydrogens is 340 g/mol. The zero-order chi connectivity index (χ0) is 19.1. The van der Waals surface area contributed by atoms with E-state index in [-0.39, 0.29) is 0 Å². The number of aromatic nitrogens is 1. The van der Waals surface area contributed by atoms with E-state index in [9.17, 15) is 8.78 Å². The molecule has 0 radical (unpaired) electrons. The average Bonchev–Trinajstić information content (AvgIpc) is 2.69. The van der Waals surface area contributed by atoms with Crippen LogP contribution in [0.4, 0.5) is 8.78 Å². The van der Waals surface area contributed by atoms with Gasteiger partial charge in [-0.3, -0.25) is 0 Å². The summed E-state index contributed by atoms with van der Waals surface area (Å²) in [5.41, 5.74) is 0.569. The number of hydrogen-bond acceptors (Lipinski definition) is 1. The van der Waals surface area contributed by atoms with Crippen LogP contribution in [0.2, 0.25) is 0 Å². The SMILES string of the molecule is CCCCC[C@H]1CC[C@H]([C@H]2CC[C@H](CCc3ccc(F)nc3F)CC2)CC1. The quantitative estimate of drug-likeness (QED) is 0.338. The molecule has 0 aliphatic heterocycles. The van der Waals surface area contributed by atoms with Gasteiger partial charge in [0.1, 0.15) is 0 Å². The van der Waals surface area contributed by atoms with Crippen molar-refractivity contribution >= 4 is 0 Å². The van der Waals surface area contributed by atoms with Gasteiger partial charge in [0.05, 0.1) is 0 Å². The first-order valence-electron chi connectivity index (χ1n) is 11.5. The molecular formula is C24H37F2N. The second-order valence-electron chi connectivity index (χ2n) is 9.18. The predicted molar refractivity (Wildman–Crippen MR) is 108 cm³/mol. The smallest absolute Gasteiger partial charge is 0.190 e. The number of halogens is 2. The van der Waals surface area contributed by atoms with Gasteiger partial charge in [-0.2, -0.15) is 13.8 Å². The minimum atomic E-state index is -0.725. The van der Waals surface area contributed by atoms with Crippen molar-refractivity contribution in [1.82, 2.24) is 4.98 Å². The van der Waals surface area contributed by atoms with Gasteiger partial charge < -0.3 is 0 Å². The Hall–Kier alpha value is -0.990. The van der Waals surface area contributed by atoms with E-state index < -0.39 is 11.9 Å². The van der Waals surface area contributed by atoms with E-state index in [4.69, 9.17) is 0 Å². The number of nitrogens with zero attached hydrogens (tertiary/aromatic N) is 1. The van der Waals surface area contributed by atoms with Crippen molar-refractivity contribution in [1.29, 1.82) is 0 Å². The lowest BCUT2D eigenvalue weighted by molar-refractivity contribution is 0.140. The number of aryl methyl sites for hydroxylation is 1. The summed E-state index contributed by atoms with van der Waals surface area (Å²) in [6, 6.07) is 2.83. The second kappa shape index (κ2) is 10.5. The first-order valence-corrected chi connectivity index (χ1v) is 11.5. The minimum absolute atomic E-state index is 0.569. The van der Waals surface area contributed by atoms with Gasteiger partial charge in [0.15, 0.2) is 0 Å². The molecule has 2 aliphatic carbocycles. The van der Waals surface area contributed by atoms with E-state index in [0.29, 0.717) is 17.9 Å². The summed E-state index contributed by atoms with van der Waals surface area (Å²) in [5, 5.41) is 0. The molecule has 1 heterocycles. The van der Waals surface area contributed by atoms with Crippen molar-refractivity contribution in [3.05, 3.63) is 29.6 Å². The fourth-order valence-electron chi connectivity index (χ4n) is 5.57. The Morgan fingerprint density at radius 1 is 0.815 bits per heavy atom. The van der Waals surface area contributed by atoms with Crippen molar-refractivity contribution in [3.63, 3.8) is 0 Å². The fourth-order valence-corrected chi connectivity index (χ4v) is 5.57. The van der Waals surface area contributed by atoms with Gasteiger partial charge in [0, 0.05) is 5.56 Å². The molecule has 0 N–H and O–H groups in total. The highest BCUT2D eigenvalue weighted by Crippen LogP contribution is 2.43. The van der Waals surface area contributed by atoms with Crippen LogP contribution in [0.1, 0.15) is 96.0 Å². The van der Waals surface area contributed by atoms with Crippen LogP contribution in [0.3, 0.4) is 0 Å². The maximum atomic E-state index is 13.7. The van der Waals surface area contributed by atoms with E-state index in [1.54, 1.807) is 6.07 Å². The predicted octanol–water partition coefficient (Wildman–Crippen LogP) is 7.49. The summed E-state index contributed by atoms with van der Waals surface area (Å²) in [6.45, 7) is 2.29. The summed E-state index contributed by atoms with van der Waals surface area (Å²) in [7, 11) is 0. The largest absolute Gasteiger partial charge is 0.218 e. The fraction of sp³-hybridized carbons (Fsp3) is 0.792. The molecule has 0 atom stereocenters. The Bertz CT molecular complexity index is 557. The normalized spacial score (nSPS) is 29.0. The van der Waals surface area contributed by atoms with Crippen LogP contribution in [-0.2, 0) is 6.42 Å². The molecule has 1 nitrogen and oxygen atoms in total. The molecule has 0 saturated heterocycles. The highest BCUT2D eigenvalue weighted by Gasteiger charge is 2.30. The van der Waals surface area contributed by atoms with Gasteiger partial charge in [0.2, 0.25) is 11.9 Å². The molecule has 3 heteroatoms. The molecule has 1 aromatic rings. The molecule has 152 valence electrons. The van der Waals surface area contributed by atoms with E-state index in [0.717, 1.165) is 24.2 Å².